The van der Waals surface area contributed by atoms with Crippen LogP contribution in [0, 0.1) is 0 Å². The summed E-state index contributed by atoms with van der Waals surface area (Å²) in [5.41, 5.74) is 4.81. The van der Waals surface area contributed by atoms with Gasteiger partial charge in [-0.1, -0.05) is 53.0 Å². The van der Waals surface area contributed by atoms with Crippen LogP contribution in [0.4, 0.5) is 11.4 Å². The molecule has 0 saturated carbocycles. The molecule has 10 heteroatoms. The molecule has 6 rings (SSSR count). The Kier molecular flexibility index (Phi) is 6.01. The summed E-state index contributed by atoms with van der Waals surface area (Å²) in [5.74, 6) is -0.176. The summed E-state index contributed by atoms with van der Waals surface area (Å²) < 4.78 is 0. The Bertz CT molecular complexity index is 1540. The number of thiazole rings is 1. The Hall–Kier alpha value is -2.55. The van der Waals surface area contributed by atoms with Crippen molar-refractivity contribution in [3.8, 4) is 11.3 Å². The highest BCUT2D eigenvalue weighted by molar-refractivity contribution is 8.02. The normalized spacial score (nSPS) is 18.7. The summed E-state index contributed by atoms with van der Waals surface area (Å²) in [6.45, 7) is 0. The van der Waals surface area contributed by atoms with Crippen LogP contribution in [0.1, 0.15) is 16.1 Å². The van der Waals surface area contributed by atoms with Gasteiger partial charge in [0.15, 0.2) is 0 Å². The maximum absolute atomic E-state index is 13.2. The van der Waals surface area contributed by atoms with Gasteiger partial charge in [-0.15, -0.1) is 23.1 Å². The number of nitrogens with zero attached hydrogens (tertiary/aromatic N) is 2. The van der Waals surface area contributed by atoms with Gasteiger partial charge in [-0.25, -0.2) is 4.98 Å². The number of amides is 2. The molecular formula is C26H16Cl3N3O2S2. The van der Waals surface area contributed by atoms with Crippen molar-refractivity contribution in [2.45, 2.75) is 11.3 Å². The lowest BCUT2D eigenvalue weighted by molar-refractivity contribution is -0.122. The molecule has 1 spiro atoms. The number of hydrogen-bond acceptors (Lipinski definition) is 5. The second kappa shape index (κ2) is 9.08. The minimum absolute atomic E-state index is 0.131. The van der Waals surface area contributed by atoms with Crippen LogP contribution in [-0.2, 0) is 20.9 Å². The van der Waals surface area contributed by atoms with E-state index in [2.05, 4.69) is 5.32 Å². The van der Waals surface area contributed by atoms with Gasteiger partial charge < -0.3 is 5.32 Å². The van der Waals surface area contributed by atoms with Crippen molar-refractivity contribution in [3.63, 3.8) is 0 Å². The maximum Gasteiger partial charge on any atom is 0.266 e. The molecule has 36 heavy (non-hydrogen) atoms. The number of carbonyl (C=O) groups excluding carboxylic acids is 2. The third-order valence-electron chi connectivity index (χ3n) is 6.18. The molecule has 2 amide bonds. The van der Waals surface area contributed by atoms with Crippen molar-refractivity contribution >= 4 is 81.1 Å². The molecule has 2 aliphatic rings. The lowest BCUT2D eigenvalue weighted by Gasteiger charge is -2.32. The molecular weight excluding hydrogens is 557 g/mol. The van der Waals surface area contributed by atoms with E-state index in [1.807, 2.05) is 41.8 Å². The lowest BCUT2D eigenvalue weighted by Crippen LogP contribution is -2.47. The molecule has 3 heterocycles. The second-order valence-corrected chi connectivity index (χ2v) is 11.8. The standard InChI is InChI=1S/C26H16Cl3N3O2S2/c27-16-4-8-21-18(11-16)26(25(34)31-21)32(24(33)13-36-26)17-5-2-15(3-6-17)22-12-35-23(30-22)10-14-1-7-19(28)20(29)9-14/h1-9,11-12H,10,13H2,(H,31,34). The first-order valence-corrected chi connectivity index (χ1v) is 13.9. The summed E-state index contributed by atoms with van der Waals surface area (Å²) in [6.07, 6.45) is 0.652. The van der Waals surface area contributed by atoms with Crippen molar-refractivity contribution in [1.29, 1.82) is 0 Å². The van der Waals surface area contributed by atoms with E-state index < -0.39 is 4.87 Å². The van der Waals surface area contributed by atoms with Crippen LogP contribution in [0.2, 0.25) is 15.1 Å². The Balaban J connectivity index is 1.29. The molecule has 1 unspecified atom stereocenters. The molecule has 4 aromatic rings. The van der Waals surface area contributed by atoms with Crippen LogP contribution in [-0.4, -0.2) is 22.6 Å². The van der Waals surface area contributed by atoms with Crippen molar-refractivity contribution in [2.24, 2.45) is 0 Å². The first-order chi connectivity index (χ1) is 17.3. The number of nitrogens with one attached hydrogen (secondary N) is 1. The van der Waals surface area contributed by atoms with Crippen LogP contribution in [0.25, 0.3) is 11.3 Å². The van der Waals surface area contributed by atoms with E-state index in [4.69, 9.17) is 39.8 Å². The minimum atomic E-state index is -1.17. The van der Waals surface area contributed by atoms with E-state index in [0.717, 1.165) is 21.8 Å². The molecule has 1 aromatic heterocycles. The summed E-state index contributed by atoms with van der Waals surface area (Å²) in [5, 5.41) is 7.43. The predicted molar refractivity (Wildman–Crippen MR) is 149 cm³/mol. The van der Waals surface area contributed by atoms with Gasteiger partial charge >= 0.3 is 0 Å². The number of rotatable bonds is 4. The molecule has 180 valence electrons. The third kappa shape index (κ3) is 3.90. The molecule has 1 fully saturated rings. The summed E-state index contributed by atoms with van der Waals surface area (Å²) in [6, 6.07) is 18.4. The van der Waals surface area contributed by atoms with Gasteiger partial charge in [0.1, 0.15) is 0 Å². The number of benzene rings is 3. The largest absolute Gasteiger partial charge is 0.323 e. The average molecular weight is 573 g/mol. The first-order valence-electron chi connectivity index (χ1n) is 10.9. The highest BCUT2D eigenvalue weighted by Gasteiger charge is 2.58. The van der Waals surface area contributed by atoms with E-state index in [1.54, 1.807) is 40.5 Å². The minimum Gasteiger partial charge on any atom is -0.323 e. The van der Waals surface area contributed by atoms with Gasteiger partial charge in [0.05, 0.1) is 26.5 Å². The smallest absolute Gasteiger partial charge is 0.266 e. The number of carbonyl (C=O) groups is 2. The fourth-order valence-electron chi connectivity index (χ4n) is 4.53. The van der Waals surface area contributed by atoms with E-state index >= 15 is 0 Å². The molecule has 1 saturated heterocycles. The Labute approximate surface area is 230 Å². The van der Waals surface area contributed by atoms with Crippen LogP contribution in [0.5, 0.6) is 0 Å². The third-order valence-corrected chi connectivity index (χ3v) is 9.40. The second-order valence-electron chi connectivity index (χ2n) is 8.40. The lowest BCUT2D eigenvalue weighted by atomic mass is 10.0. The van der Waals surface area contributed by atoms with Crippen LogP contribution in [0.15, 0.2) is 66.0 Å². The summed E-state index contributed by atoms with van der Waals surface area (Å²) in [4.78, 5) is 31.4. The zero-order valence-corrected chi connectivity index (χ0v) is 22.3. The van der Waals surface area contributed by atoms with Crippen molar-refractivity contribution in [2.75, 3.05) is 16.0 Å². The van der Waals surface area contributed by atoms with E-state index in [9.17, 15) is 9.59 Å². The SMILES string of the molecule is O=C1CSC2(C(=O)Nc3ccc(Cl)cc32)N1c1ccc(-c2csc(Cc3ccc(Cl)c(Cl)c3)n2)cc1. The summed E-state index contributed by atoms with van der Waals surface area (Å²) in [7, 11) is 0. The average Bonchev–Trinajstić information content (AvgIpc) is 3.54. The molecule has 2 aliphatic heterocycles. The van der Waals surface area contributed by atoms with Gasteiger partial charge in [-0.05, 0) is 48.0 Å². The van der Waals surface area contributed by atoms with Crippen molar-refractivity contribution < 1.29 is 9.59 Å². The molecule has 3 aromatic carbocycles. The Morgan fingerprint density at radius 3 is 2.56 bits per heavy atom. The van der Waals surface area contributed by atoms with Gasteiger partial charge in [0.25, 0.3) is 5.91 Å². The molecule has 0 bridgehead atoms. The molecule has 1 atom stereocenters. The van der Waals surface area contributed by atoms with Crippen molar-refractivity contribution in [1.82, 2.24) is 4.98 Å². The zero-order chi connectivity index (χ0) is 25.0. The quantitative estimate of drug-likeness (QED) is 0.280. The Morgan fingerprint density at radius 2 is 1.78 bits per heavy atom. The molecule has 0 radical (unpaired) electrons. The number of hydrogen-bond donors (Lipinski definition) is 1. The van der Waals surface area contributed by atoms with E-state index in [0.29, 0.717) is 38.4 Å². The predicted octanol–water partition coefficient (Wildman–Crippen LogP) is 7.25. The summed E-state index contributed by atoms with van der Waals surface area (Å²) >= 11 is 21.3. The maximum atomic E-state index is 13.2. The van der Waals surface area contributed by atoms with Gasteiger partial charge in [0, 0.05) is 39.3 Å². The molecule has 0 aliphatic carbocycles. The van der Waals surface area contributed by atoms with Gasteiger partial charge in [-0.2, -0.15) is 0 Å². The number of fused-ring (bicyclic) bond motifs is 2. The highest BCUT2D eigenvalue weighted by Crippen LogP contribution is 2.54. The zero-order valence-electron chi connectivity index (χ0n) is 18.4. The molecule has 1 N–H and O–H groups in total. The van der Waals surface area contributed by atoms with Crippen LogP contribution in [0.3, 0.4) is 0 Å². The topological polar surface area (TPSA) is 62.3 Å². The monoisotopic (exact) mass is 571 g/mol. The fourth-order valence-corrected chi connectivity index (χ4v) is 7.16. The van der Waals surface area contributed by atoms with Crippen LogP contribution >= 0.6 is 57.9 Å². The first kappa shape index (κ1) is 23.8. The number of thioether (sulfide) groups is 1. The molecule has 5 nitrogen and oxygen atoms in total. The number of halogens is 3. The van der Waals surface area contributed by atoms with E-state index in [-0.39, 0.29) is 17.6 Å². The van der Waals surface area contributed by atoms with Crippen molar-refractivity contribution in [3.05, 3.63) is 97.2 Å². The number of aromatic nitrogens is 1. The number of anilines is 2. The highest BCUT2D eigenvalue weighted by atomic mass is 35.5. The Morgan fingerprint density at radius 1 is 0.972 bits per heavy atom. The van der Waals surface area contributed by atoms with Gasteiger partial charge in [0.2, 0.25) is 10.8 Å². The van der Waals surface area contributed by atoms with E-state index in [1.165, 1.54) is 11.8 Å². The van der Waals surface area contributed by atoms with Crippen LogP contribution < -0.4 is 10.2 Å². The van der Waals surface area contributed by atoms with Gasteiger partial charge in [-0.3, -0.25) is 14.5 Å². The fraction of sp³-hybridized carbons (Fsp3) is 0.115.